The van der Waals surface area contributed by atoms with Gasteiger partial charge >= 0.3 is 5.97 Å². The summed E-state index contributed by atoms with van der Waals surface area (Å²) in [5.74, 6) is -1.67. The van der Waals surface area contributed by atoms with Crippen molar-refractivity contribution in [3.8, 4) is 11.5 Å². The third-order valence-corrected chi connectivity index (χ3v) is 3.59. The number of carbonyl (C=O) groups is 2. The van der Waals surface area contributed by atoms with E-state index in [9.17, 15) is 14.7 Å². The topological polar surface area (TPSA) is 83.8 Å². The molecule has 0 unspecified atom stereocenters. The lowest BCUT2D eigenvalue weighted by molar-refractivity contribution is 0.0473. The van der Waals surface area contributed by atoms with Crippen LogP contribution < -0.4 is 0 Å². The van der Waals surface area contributed by atoms with Crippen LogP contribution in [0.25, 0.3) is 0 Å². The summed E-state index contributed by atoms with van der Waals surface area (Å²) in [5.41, 5.74) is -0.0991. The standard InChI is InChI=1S/C14H12O5S/c1-8-2-5-13(20-8)12(17)7-19-14(18)10-4-3-9(15)6-11(10)16/h2-6,15-16H,7H2,1H3. The number of ketones is 1. The molecule has 0 aliphatic heterocycles. The summed E-state index contributed by atoms with van der Waals surface area (Å²) in [6.07, 6.45) is 0. The van der Waals surface area contributed by atoms with Crippen LogP contribution >= 0.6 is 11.3 Å². The van der Waals surface area contributed by atoms with Crippen LogP contribution in [-0.4, -0.2) is 28.6 Å². The number of carbonyl (C=O) groups excluding carboxylic acids is 2. The van der Waals surface area contributed by atoms with Gasteiger partial charge in [-0.15, -0.1) is 11.3 Å². The van der Waals surface area contributed by atoms with Crippen molar-refractivity contribution in [2.45, 2.75) is 6.92 Å². The number of aryl methyl sites for hydroxylation is 1. The van der Waals surface area contributed by atoms with Crippen molar-refractivity contribution in [2.75, 3.05) is 6.61 Å². The van der Waals surface area contributed by atoms with Crippen LogP contribution in [0.4, 0.5) is 0 Å². The molecule has 1 aromatic carbocycles. The smallest absolute Gasteiger partial charge is 0.342 e. The first-order valence-corrected chi connectivity index (χ1v) is 6.58. The van der Waals surface area contributed by atoms with Gasteiger partial charge in [-0.25, -0.2) is 4.79 Å². The number of Topliss-reactive ketones (excluding diaryl/α,β-unsaturated/α-hetero) is 1. The number of benzene rings is 1. The van der Waals surface area contributed by atoms with Gasteiger partial charge in [0, 0.05) is 10.9 Å². The number of rotatable bonds is 4. The van der Waals surface area contributed by atoms with Gasteiger partial charge in [0.1, 0.15) is 17.1 Å². The molecule has 0 aliphatic carbocycles. The monoisotopic (exact) mass is 292 g/mol. The van der Waals surface area contributed by atoms with Gasteiger partial charge in [0.25, 0.3) is 0 Å². The molecule has 0 aliphatic rings. The Morgan fingerprint density at radius 1 is 1.20 bits per heavy atom. The molecular formula is C14H12O5S. The van der Waals surface area contributed by atoms with Gasteiger partial charge in [-0.05, 0) is 31.2 Å². The van der Waals surface area contributed by atoms with E-state index in [0.29, 0.717) is 4.88 Å². The van der Waals surface area contributed by atoms with Crippen molar-refractivity contribution >= 4 is 23.1 Å². The van der Waals surface area contributed by atoms with Crippen LogP contribution in [0.5, 0.6) is 11.5 Å². The van der Waals surface area contributed by atoms with Gasteiger partial charge in [0.15, 0.2) is 6.61 Å². The van der Waals surface area contributed by atoms with Crippen molar-refractivity contribution < 1.29 is 24.5 Å². The highest BCUT2D eigenvalue weighted by Crippen LogP contribution is 2.23. The zero-order valence-corrected chi connectivity index (χ0v) is 11.4. The maximum Gasteiger partial charge on any atom is 0.342 e. The number of thiophene rings is 1. The number of aromatic hydroxyl groups is 2. The maximum absolute atomic E-state index is 11.8. The van der Waals surface area contributed by atoms with E-state index in [-0.39, 0.29) is 23.7 Å². The van der Waals surface area contributed by atoms with Gasteiger partial charge in [0.05, 0.1) is 4.88 Å². The average molecular weight is 292 g/mol. The summed E-state index contributed by atoms with van der Waals surface area (Å²) < 4.78 is 4.85. The molecule has 0 amide bonds. The molecule has 0 radical (unpaired) electrons. The zero-order chi connectivity index (χ0) is 14.7. The van der Waals surface area contributed by atoms with E-state index in [1.54, 1.807) is 6.07 Å². The largest absolute Gasteiger partial charge is 0.508 e. The van der Waals surface area contributed by atoms with E-state index in [1.165, 1.54) is 23.5 Å². The number of phenolic OH excluding ortho intramolecular Hbond substituents is 2. The normalized spacial score (nSPS) is 10.2. The Morgan fingerprint density at radius 3 is 2.55 bits per heavy atom. The average Bonchev–Trinajstić information content (AvgIpc) is 2.82. The van der Waals surface area contributed by atoms with Crippen LogP contribution in [0, 0.1) is 6.92 Å². The summed E-state index contributed by atoms with van der Waals surface area (Å²) in [6.45, 7) is 1.49. The highest BCUT2D eigenvalue weighted by molar-refractivity contribution is 7.14. The third kappa shape index (κ3) is 3.16. The molecule has 0 bridgehead atoms. The highest BCUT2D eigenvalue weighted by atomic mass is 32.1. The minimum absolute atomic E-state index is 0.0991. The number of hydrogen-bond donors (Lipinski definition) is 2. The van der Waals surface area contributed by atoms with E-state index in [2.05, 4.69) is 0 Å². The minimum atomic E-state index is -0.816. The fourth-order valence-corrected chi connectivity index (χ4v) is 2.35. The fourth-order valence-electron chi connectivity index (χ4n) is 1.56. The molecule has 0 fully saturated rings. The van der Waals surface area contributed by atoms with Gasteiger partial charge in [-0.1, -0.05) is 0 Å². The Hall–Kier alpha value is -2.34. The molecule has 2 rings (SSSR count). The van der Waals surface area contributed by atoms with E-state index >= 15 is 0 Å². The predicted molar refractivity (Wildman–Crippen MR) is 73.4 cm³/mol. The van der Waals surface area contributed by atoms with Crippen LogP contribution in [0.15, 0.2) is 30.3 Å². The Labute approximate surface area is 119 Å². The summed E-state index contributed by atoms with van der Waals surface area (Å²) in [5, 5.41) is 18.6. The second-order valence-electron chi connectivity index (χ2n) is 4.11. The lowest BCUT2D eigenvalue weighted by atomic mass is 10.2. The fraction of sp³-hybridized carbons (Fsp3) is 0.143. The van der Waals surface area contributed by atoms with Gasteiger partial charge in [0.2, 0.25) is 5.78 Å². The molecule has 2 aromatic rings. The third-order valence-electron chi connectivity index (χ3n) is 2.55. The Balaban J connectivity index is 2.00. The molecule has 2 N–H and O–H groups in total. The molecular weight excluding hydrogens is 280 g/mol. The van der Waals surface area contributed by atoms with Crippen molar-refractivity contribution in [3.05, 3.63) is 45.6 Å². The Morgan fingerprint density at radius 2 is 1.95 bits per heavy atom. The molecule has 0 saturated heterocycles. The molecule has 104 valence electrons. The van der Waals surface area contributed by atoms with E-state index in [1.807, 2.05) is 13.0 Å². The molecule has 6 heteroatoms. The molecule has 1 heterocycles. The highest BCUT2D eigenvalue weighted by Gasteiger charge is 2.16. The van der Waals surface area contributed by atoms with Crippen molar-refractivity contribution in [1.29, 1.82) is 0 Å². The van der Waals surface area contributed by atoms with Gasteiger partial charge < -0.3 is 14.9 Å². The van der Waals surface area contributed by atoms with E-state index < -0.39 is 11.7 Å². The first kappa shape index (κ1) is 14.1. The van der Waals surface area contributed by atoms with Gasteiger partial charge in [-0.3, -0.25) is 4.79 Å². The summed E-state index contributed by atoms with van der Waals surface area (Å²) in [6, 6.07) is 6.99. The zero-order valence-electron chi connectivity index (χ0n) is 10.6. The Kier molecular flexibility index (Phi) is 4.05. The number of phenols is 2. The second kappa shape index (κ2) is 5.75. The molecule has 1 aromatic heterocycles. The lowest BCUT2D eigenvalue weighted by Crippen LogP contribution is -2.13. The first-order valence-electron chi connectivity index (χ1n) is 5.76. The molecule has 5 nitrogen and oxygen atoms in total. The summed E-state index contributed by atoms with van der Waals surface area (Å²) in [4.78, 5) is 25.0. The molecule has 20 heavy (non-hydrogen) atoms. The number of hydrogen-bond acceptors (Lipinski definition) is 6. The van der Waals surface area contributed by atoms with Crippen molar-refractivity contribution in [1.82, 2.24) is 0 Å². The summed E-state index contributed by atoms with van der Waals surface area (Å²) in [7, 11) is 0. The maximum atomic E-state index is 11.8. The van der Waals surface area contributed by atoms with Crippen LogP contribution in [0.2, 0.25) is 0 Å². The van der Waals surface area contributed by atoms with Crippen LogP contribution in [0.3, 0.4) is 0 Å². The molecule has 0 atom stereocenters. The predicted octanol–water partition coefficient (Wildman–Crippen LogP) is 2.51. The van der Waals surface area contributed by atoms with E-state index in [4.69, 9.17) is 9.84 Å². The Bertz CT molecular complexity index is 659. The van der Waals surface area contributed by atoms with Crippen molar-refractivity contribution in [2.24, 2.45) is 0 Å². The molecule has 0 spiro atoms. The lowest BCUT2D eigenvalue weighted by Gasteiger charge is -2.05. The second-order valence-corrected chi connectivity index (χ2v) is 5.40. The van der Waals surface area contributed by atoms with Crippen LogP contribution in [0.1, 0.15) is 24.9 Å². The molecule has 0 saturated carbocycles. The van der Waals surface area contributed by atoms with Gasteiger partial charge in [-0.2, -0.15) is 0 Å². The minimum Gasteiger partial charge on any atom is -0.508 e. The summed E-state index contributed by atoms with van der Waals surface area (Å²) >= 11 is 1.33. The quantitative estimate of drug-likeness (QED) is 0.668. The first-order chi connectivity index (χ1) is 9.47. The van der Waals surface area contributed by atoms with Crippen LogP contribution in [-0.2, 0) is 4.74 Å². The van der Waals surface area contributed by atoms with Crippen molar-refractivity contribution in [3.63, 3.8) is 0 Å². The van der Waals surface area contributed by atoms with E-state index in [0.717, 1.165) is 10.9 Å². The number of esters is 1. The number of ether oxygens (including phenoxy) is 1. The SMILES string of the molecule is Cc1ccc(C(=O)COC(=O)c2ccc(O)cc2O)s1.